The number of hydrogen-bond acceptors (Lipinski definition) is 6. The highest BCUT2D eigenvalue weighted by Crippen LogP contribution is 2.36. The van der Waals surface area contributed by atoms with Crippen LogP contribution in [0, 0.1) is 11.6 Å². The highest BCUT2D eigenvalue weighted by Gasteiger charge is 2.19. The molecule has 0 saturated heterocycles. The van der Waals surface area contributed by atoms with E-state index in [1.165, 1.54) is 28.0 Å². The van der Waals surface area contributed by atoms with Gasteiger partial charge in [-0.05, 0) is 30.3 Å². The third kappa shape index (κ3) is 2.23. The average Bonchev–Trinajstić information content (AvgIpc) is 3.28. The third-order valence-corrected chi connectivity index (χ3v) is 4.72. The minimum atomic E-state index is -0.672. The number of benzene rings is 2. The van der Waals surface area contributed by atoms with Crippen molar-refractivity contribution in [2.75, 3.05) is 6.79 Å². The first-order chi connectivity index (χ1) is 12.2. The molecule has 124 valence electrons. The second-order valence-corrected chi connectivity index (χ2v) is 6.27. The molecule has 0 spiro atoms. The molecule has 0 amide bonds. The topological polar surface area (TPSA) is 61.5 Å². The molecule has 2 aromatic carbocycles. The summed E-state index contributed by atoms with van der Waals surface area (Å²) in [5.41, 5.74) is 0.960. The normalized spacial score (nSPS) is 12.9. The molecule has 0 saturated carbocycles. The molecule has 0 fully saturated rings. The largest absolute Gasteiger partial charge is 0.454 e. The molecule has 0 unspecified atom stereocenters. The van der Waals surface area contributed by atoms with E-state index in [9.17, 15) is 8.78 Å². The van der Waals surface area contributed by atoms with Crippen LogP contribution in [0.25, 0.3) is 26.9 Å². The lowest BCUT2D eigenvalue weighted by atomic mass is 10.2. The minimum Gasteiger partial charge on any atom is -0.454 e. The number of rotatable bonds is 2. The van der Waals surface area contributed by atoms with Gasteiger partial charge in [0.05, 0.1) is 0 Å². The van der Waals surface area contributed by atoms with Crippen LogP contribution in [0.15, 0.2) is 36.4 Å². The second-order valence-electron chi connectivity index (χ2n) is 5.32. The Bertz CT molecular complexity index is 1120. The van der Waals surface area contributed by atoms with Gasteiger partial charge in [-0.2, -0.15) is 9.61 Å². The number of halogens is 2. The van der Waals surface area contributed by atoms with Gasteiger partial charge in [0.2, 0.25) is 11.8 Å². The molecule has 25 heavy (non-hydrogen) atoms. The third-order valence-electron chi connectivity index (χ3n) is 3.78. The summed E-state index contributed by atoms with van der Waals surface area (Å²) in [4.78, 5) is 0.506. The molecule has 9 heteroatoms. The van der Waals surface area contributed by atoms with Crippen molar-refractivity contribution in [3.8, 4) is 33.5 Å². The summed E-state index contributed by atoms with van der Waals surface area (Å²) in [5, 5.41) is 13.0. The quantitative estimate of drug-likeness (QED) is 0.549. The summed E-state index contributed by atoms with van der Waals surface area (Å²) in [7, 11) is 0. The van der Waals surface area contributed by atoms with Crippen LogP contribution in [0.3, 0.4) is 0 Å². The van der Waals surface area contributed by atoms with E-state index in [1.54, 1.807) is 12.1 Å². The zero-order chi connectivity index (χ0) is 17.0. The first-order valence-corrected chi connectivity index (χ1v) is 8.08. The van der Waals surface area contributed by atoms with E-state index >= 15 is 0 Å². The number of hydrogen-bond donors (Lipinski definition) is 0. The predicted octanol–water partition coefficient (Wildman–Crippen LogP) is 3.53. The van der Waals surface area contributed by atoms with Crippen molar-refractivity contribution in [1.82, 2.24) is 19.8 Å². The van der Waals surface area contributed by atoms with Crippen LogP contribution in [-0.4, -0.2) is 26.6 Å². The van der Waals surface area contributed by atoms with Crippen LogP contribution in [0.4, 0.5) is 8.78 Å². The Morgan fingerprint density at radius 3 is 2.76 bits per heavy atom. The first kappa shape index (κ1) is 14.3. The van der Waals surface area contributed by atoms with Crippen molar-refractivity contribution in [1.29, 1.82) is 0 Å². The second kappa shape index (κ2) is 5.21. The van der Waals surface area contributed by atoms with Crippen molar-refractivity contribution in [3.63, 3.8) is 0 Å². The molecule has 5 rings (SSSR count). The molecule has 0 N–H and O–H groups in total. The lowest BCUT2D eigenvalue weighted by Gasteiger charge is -2.00. The van der Waals surface area contributed by atoms with E-state index in [0.717, 1.165) is 11.6 Å². The predicted molar refractivity (Wildman–Crippen MR) is 85.6 cm³/mol. The van der Waals surface area contributed by atoms with Gasteiger partial charge in [-0.3, -0.25) is 0 Å². The van der Waals surface area contributed by atoms with Gasteiger partial charge >= 0.3 is 0 Å². The van der Waals surface area contributed by atoms with Gasteiger partial charge < -0.3 is 9.47 Å². The van der Waals surface area contributed by atoms with E-state index in [0.29, 0.717) is 27.3 Å². The summed E-state index contributed by atoms with van der Waals surface area (Å²) >= 11 is 1.17. The minimum absolute atomic E-state index is 0.179. The van der Waals surface area contributed by atoms with Crippen LogP contribution >= 0.6 is 11.3 Å². The Hall–Kier alpha value is -3.07. The van der Waals surface area contributed by atoms with Crippen LogP contribution in [-0.2, 0) is 0 Å². The van der Waals surface area contributed by atoms with Gasteiger partial charge in [0.1, 0.15) is 11.6 Å². The lowest BCUT2D eigenvalue weighted by molar-refractivity contribution is 0.174. The van der Waals surface area contributed by atoms with E-state index in [1.807, 2.05) is 6.07 Å². The summed E-state index contributed by atoms with van der Waals surface area (Å²) in [6, 6.07) is 8.77. The van der Waals surface area contributed by atoms with Crippen LogP contribution in [0.2, 0.25) is 0 Å². The monoisotopic (exact) mass is 358 g/mol. The molecule has 2 aromatic heterocycles. The SMILES string of the molecule is Fc1ccc(-c2nn3c(-c4ccc5c(c4)OCO5)nnc3s2)c(F)c1. The van der Waals surface area contributed by atoms with Crippen LogP contribution < -0.4 is 9.47 Å². The molecule has 4 aromatic rings. The summed E-state index contributed by atoms with van der Waals surface area (Å²) in [5.74, 6) is 0.476. The molecule has 0 radical (unpaired) electrons. The fraction of sp³-hybridized carbons (Fsp3) is 0.0625. The van der Waals surface area contributed by atoms with E-state index < -0.39 is 11.6 Å². The van der Waals surface area contributed by atoms with Gasteiger partial charge in [0.15, 0.2) is 22.3 Å². The Labute approximate surface area is 143 Å². The summed E-state index contributed by atoms with van der Waals surface area (Å²) in [6.07, 6.45) is 0. The summed E-state index contributed by atoms with van der Waals surface area (Å²) in [6.45, 7) is 0.179. The zero-order valence-electron chi connectivity index (χ0n) is 12.4. The fourth-order valence-corrected chi connectivity index (χ4v) is 3.47. The van der Waals surface area contributed by atoms with E-state index in [4.69, 9.17) is 9.47 Å². The maximum Gasteiger partial charge on any atom is 0.235 e. The van der Waals surface area contributed by atoms with Gasteiger partial charge in [-0.15, -0.1) is 10.2 Å². The lowest BCUT2D eigenvalue weighted by Crippen LogP contribution is -1.93. The Kier molecular flexibility index (Phi) is 2.98. The average molecular weight is 358 g/mol. The Morgan fingerprint density at radius 1 is 1.00 bits per heavy atom. The van der Waals surface area contributed by atoms with Gasteiger partial charge in [0.25, 0.3) is 0 Å². The smallest absolute Gasteiger partial charge is 0.235 e. The fourth-order valence-electron chi connectivity index (χ4n) is 2.60. The first-order valence-electron chi connectivity index (χ1n) is 7.27. The van der Waals surface area contributed by atoms with Crippen LogP contribution in [0.5, 0.6) is 11.5 Å². The zero-order valence-corrected chi connectivity index (χ0v) is 13.3. The van der Waals surface area contributed by atoms with Crippen molar-refractivity contribution in [3.05, 3.63) is 48.0 Å². The van der Waals surface area contributed by atoms with Gasteiger partial charge in [0, 0.05) is 17.2 Å². The standard InChI is InChI=1S/C16H8F2N4O2S/c17-9-2-3-10(11(18)6-9)15-21-22-14(19-20-16(22)25-15)8-1-4-12-13(5-8)24-7-23-12/h1-6H,7H2. The number of aromatic nitrogens is 4. The molecule has 1 aliphatic rings. The molecular formula is C16H8F2N4O2S. The molecule has 0 bridgehead atoms. The number of nitrogens with zero attached hydrogens (tertiary/aromatic N) is 4. The molecule has 6 nitrogen and oxygen atoms in total. The number of ether oxygens (including phenoxy) is 2. The Balaban J connectivity index is 1.63. The summed E-state index contributed by atoms with van der Waals surface area (Å²) < 4.78 is 39.3. The molecular weight excluding hydrogens is 350 g/mol. The van der Waals surface area contributed by atoms with Crippen molar-refractivity contribution < 1.29 is 18.3 Å². The van der Waals surface area contributed by atoms with Crippen molar-refractivity contribution in [2.45, 2.75) is 0 Å². The van der Waals surface area contributed by atoms with Gasteiger partial charge in [-0.1, -0.05) is 11.3 Å². The molecule has 1 aliphatic heterocycles. The maximum absolute atomic E-state index is 14.0. The van der Waals surface area contributed by atoms with Crippen LogP contribution in [0.1, 0.15) is 0 Å². The van der Waals surface area contributed by atoms with E-state index in [2.05, 4.69) is 15.3 Å². The van der Waals surface area contributed by atoms with Gasteiger partial charge in [-0.25, -0.2) is 8.78 Å². The molecule has 0 atom stereocenters. The number of fused-ring (bicyclic) bond motifs is 2. The molecule has 0 aliphatic carbocycles. The van der Waals surface area contributed by atoms with Crippen molar-refractivity contribution in [2.24, 2.45) is 0 Å². The Morgan fingerprint density at radius 2 is 1.88 bits per heavy atom. The highest BCUT2D eigenvalue weighted by atomic mass is 32.1. The van der Waals surface area contributed by atoms with E-state index in [-0.39, 0.29) is 12.4 Å². The van der Waals surface area contributed by atoms with Crippen molar-refractivity contribution >= 4 is 16.3 Å². The molecule has 3 heterocycles. The highest BCUT2D eigenvalue weighted by molar-refractivity contribution is 7.19. The maximum atomic E-state index is 14.0.